The maximum Gasteiger partial charge on any atom is 0.416 e. The molecule has 4 rings (SSSR count). The van der Waals surface area contributed by atoms with Crippen molar-refractivity contribution in [3.63, 3.8) is 0 Å². The Bertz CT molecular complexity index is 1330. The van der Waals surface area contributed by atoms with Crippen LogP contribution in [0.1, 0.15) is 5.56 Å². The molecule has 0 fully saturated rings. The number of rotatable bonds is 6. The normalized spacial score (nSPS) is 11.2. The highest BCUT2D eigenvalue weighted by atomic mass is 19.4. The molecule has 0 aliphatic rings. The van der Waals surface area contributed by atoms with E-state index in [0.717, 1.165) is 30.3 Å². The van der Waals surface area contributed by atoms with Crippen molar-refractivity contribution < 1.29 is 22.5 Å². The highest BCUT2D eigenvalue weighted by molar-refractivity contribution is 5.79. The van der Waals surface area contributed by atoms with Gasteiger partial charge in [0.2, 0.25) is 5.95 Å². The Kier molecular flexibility index (Phi) is 6.04. The van der Waals surface area contributed by atoms with E-state index in [-0.39, 0.29) is 28.7 Å². The maximum absolute atomic E-state index is 14.4. The minimum Gasteiger partial charge on any atom is -0.337 e. The predicted octanol–water partition coefficient (Wildman–Crippen LogP) is 6.09. The third-order valence-electron chi connectivity index (χ3n) is 4.64. The van der Waals surface area contributed by atoms with Crippen molar-refractivity contribution in [3.8, 4) is 11.1 Å². The molecular formula is C22H14F4N6O2. The highest BCUT2D eigenvalue weighted by Gasteiger charge is 2.30. The zero-order valence-electron chi connectivity index (χ0n) is 17.0. The first-order valence-electron chi connectivity index (χ1n) is 9.63. The fourth-order valence-electron chi connectivity index (χ4n) is 3.00. The number of aromatic nitrogens is 3. The molecular weight excluding hydrogens is 456 g/mol. The summed E-state index contributed by atoms with van der Waals surface area (Å²) in [5.74, 6) is -0.693. The van der Waals surface area contributed by atoms with Gasteiger partial charge in [0.1, 0.15) is 11.6 Å². The number of non-ortho nitro benzene ring substituents is 1. The second-order valence-electron chi connectivity index (χ2n) is 6.94. The van der Waals surface area contributed by atoms with E-state index >= 15 is 0 Å². The first-order valence-corrected chi connectivity index (χ1v) is 9.63. The molecule has 0 atom stereocenters. The van der Waals surface area contributed by atoms with Crippen molar-refractivity contribution in [2.24, 2.45) is 0 Å². The molecule has 2 aromatic carbocycles. The summed E-state index contributed by atoms with van der Waals surface area (Å²) in [6.45, 7) is 0. The molecule has 0 unspecified atom stereocenters. The van der Waals surface area contributed by atoms with Gasteiger partial charge in [-0.15, -0.1) is 0 Å². The van der Waals surface area contributed by atoms with Gasteiger partial charge >= 0.3 is 6.18 Å². The summed E-state index contributed by atoms with van der Waals surface area (Å²) < 4.78 is 53.3. The fraction of sp³-hybridized carbons (Fsp3) is 0.0455. The lowest BCUT2D eigenvalue weighted by atomic mass is 10.1. The van der Waals surface area contributed by atoms with Crippen LogP contribution in [0.4, 0.5) is 46.4 Å². The molecule has 0 saturated heterocycles. The first kappa shape index (κ1) is 22.6. The van der Waals surface area contributed by atoms with Gasteiger partial charge in [0.25, 0.3) is 5.69 Å². The summed E-state index contributed by atoms with van der Waals surface area (Å²) in [6, 6.07) is 10.5. The number of nitro benzene ring substituents is 1. The van der Waals surface area contributed by atoms with Crippen molar-refractivity contribution in [2.45, 2.75) is 6.18 Å². The number of alkyl halides is 3. The van der Waals surface area contributed by atoms with Gasteiger partial charge in [0.15, 0.2) is 0 Å². The minimum atomic E-state index is -4.51. The van der Waals surface area contributed by atoms with Crippen LogP contribution >= 0.6 is 0 Å². The van der Waals surface area contributed by atoms with Gasteiger partial charge in [0.05, 0.1) is 28.1 Å². The molecule has 4 aromatic rings. The fourth-order valence-corrected chi connectivity index (χ4v) is 3.00. The SMILES string of the molecule is O=[N+]([O-])c1ccc(F)c(Nc2nc(Nc3cccnc3)ncc2-c2ccc(C(F)(F)F)cc2)c1. The monoisotopic (exact) mass is 470 g/mol. The van der Waals surface area contributed by atoms with Gasteiger partial charge in [-0.25, -0.2) is 9.37 Å². The number of halogens is 4. The second kappa shape index (κ2) is 9.10. The standard InChI is InChI=1S/C22H14F4N6O2/c23-18-8-7-16(32(33)34)10-19(18)30-20-17(13-3-5-14(6-4-13)22(24,25)26)12-28-21(31-20)29-15-2-1-9-27-11-15/h1-12H,(H2,28,29,30,31). The average Bonchev–Trinajstić information content (AvgIpc) is 2.81. The number of nitrogens with zero attached hydrogens (tertiary/aromatic N) is 4. The van der Waals surface area contributed by atoms with E-state index in [1.165, 1.54) is 24.5 Å². The van der Waals surface area contributed by atoms with Crippen LogP contribution in [0.25, 0.3) is 11.1 Å². The van der Waals surface area contributed by atoms with Crippen LogP contribution in [0, 0.1) is 15.9 Å². The lowest BCUT2D eigenvalue weighted by Gasteiger charge is -2.14. The summed E-state index contributed by atoms with van der Waals surface area (Å²) in [6.07, 6.45) is -0.0934. The lowest BCUT2D eigenvalue weighted by molar-refractivity contribution is -0.384. The van der Waals surface area contributed by atoms with Crippen molar-refractivity contribution >= 4 is 28.8 Å². The van der Waals surface area contributed by atoms with E-state index in [0.29, 0.717) is 11.3 Å². The number of benzene rings is 2. The van der Waals surface area contributed by atoms with Crippen LogP contribution in [0.5, 0.6) is 0 Å². The highest BCUT2D eigenvalue weighted by Crippen LogP contribution is 2.34. The molecule has 2 heterocycles. The first-order chi connectivity index (χ1) is 16.2. The van der Waals surface area contributed by atoms with Gasteiger partial charge in [-0.05, 0) is 35.9 Å². The molecule has 2 aromatic heterocycles. The Hall–Kier alpha value is -4.61. The minimum absolute atomic E-state index is 0.0144. The molecule has 0 aliphatic heterocycles. The van der Waals surface area contributed by atoms with Crippen LogP contribution in [0.2, 0.25) is 0 Å². The number of hydrogen-bond donors (Lipinski definition) is 2. The lowest BCUT2D eigenvalue weighted by Crippen LogP contribution is -2.06. The molecule has 2 N–H and O–H groups in total. The van der Waals surface area contributed by atoms with E-state index < -0.39 is 22.5 Å². The molecule has 0 aliphatic carbocycles. The quantitative estimate of drug-likeness (QED) is 0.199. The summed E-state index contributed by atoms with van der Waals surface area (Å²) in [4.78, 5) is 22.9. The van der Waals surface area contributed by atoms with E-state index in [2.05, 4.69) is 25.6 Å². The van der Waals surface area contributed by atoms with E-state index in [9.17, 15) is 27.7 Å². The molecule has 0 amide bonds. The second-order valence-corrected chi connectivity index (χ2v) is 6.94. The molecule has 0 spiro atoms. The molecule has 0 bridgehead atoms. The van der Waals surface area contributed by atoms with Crippen LogP contribution in [-0.2, 0) is 6.18 Å². The molecule has 34 heavy (non-hydrogen) atoms. The predicted molar refractivity (Wildman–Crippen MR) is 116 cm³/mol. The van der Waals surface area contributed by atoms with Gasteiger partial charge < -0.3 is 10.6 Å². The van der Waals surface area contributed by atoms with Gasteiger partial charge in [0, 0.05) is 30.1 Å². The zero-order chi connectivity index (χ0) is 24.3. The van der Waals surface area contributed by atoms with E-state index in [4.69, 9.17) is 0 Å². The number of nitro groups is 1. The molecule has 0 saturated carbocycles. The molecule has 12 heteroatoms. The van der Waals surface area contributed by atoms with E-state index in [1.807, 2.05) is 0 Å². The number of anilines is 4. The van der Waals surface area contributed by atoms with Crippen molar-refractivity contribution in [1.29, 1.82) is 0 Å². The van der Waals surface area contributed by atoms with E-state index in [1.54, 1.807) is 18.3 Å². The summed E-state index contributed by atoms with van der Waals surface area (Å²) >= 11 is 0. The zero-order valence-corrected chi connectivity index (χ0v) is 17.0. The summed E-state index contributed by atoms with van der Waals surface area (Å²) in [5, 5.41) is 16.7. The Morgan fingerprint density at radius 1 is 0.971 bits per heavy atom. The van der Waals surface area contributed by atoms with Gasteiger partial charge in [-0.1, -0.05) is 12.1 Å². The summed E-state index contributed by atoms with van der Waals surface area (Å²) in [5.41, 5.74) is -0.328. The van der Waals surface area contributed by atoms with Crippen LogP contribution in [-0.4, -0.2) is 19.9 Å². The average molecular weight is 470 g/mol. The van der Waals surface area contributed by atoms with Gasteiger partial charge in [-0.2, -0.15) is 18.2 Å². The van der Waals surface area contributed by atoms with Crippen molar-refractivity contribution in [2.75, 3.05) is 10.6 Å². The van der Waals surface area contributed by atoms with Crippen molar-refractivity contribution in [3.05, 3.63) is 94.7 Å². The summed E-state index contributed by atoms with van der Waals surface area (Å²) in [7, 11) is 0. The van der Waals surface area contributed by atoms with Crippen LogP contribution in [0.15, 0.2) is 73.2 Å². The Balaban J connectivity index is 1.77. The number of nitrogens with one attached hydrogen (secondary N) is 2. The Labute approximate surface area is 189 Å². The third kappa shape index (κ3) is 5.06. The largest absolute Gasteiger partial charge is 0.416 e. The number of hydrogen-bond acceptors (Lipinski definition) is 7. The molecule has 8 nitrogen and oxygen atoms in total. The van der Waals surface area contributed by atoms with Crippen LogP contribution in [0.3, 0.4) is 0 Å². The van der Waals surface area contributed by atoms with Crippen molar-refractivity contribution in [1.82, 2.24) is 15.0 Å². The maximum atomic E-state index is 14.4. The Morgan fingerprint density at radius 3 is 2.38 bits per heavy atom. The number of pyridine rings is 1. The third-order valence-corrected chi connectivity index (χ3v) is 4.64. The Morgan fingerprint density at radius 2 is 1.74 bits per heavy atom. The van der Waals surface area contributed by atoms with Gasteiger partial charge in [-0.3, -0.25) is 15.1 Å². The van der Waals surface area contributed by atoms with Crippen LogP contribution < -0.4 is 10.6 Å². The molecule has 172 valence electrons. The molecule has 0 radical (unpaired) electrons. The smallest absolute Gasteiger partial charge is 0.337 e. The topological polar surface area (TPSA) is 106 Å².